The van der Waals surface area contributed by atoms with E-state index in [1.165, 1.54) is 0 Å². The summed E-state index contributed by atoms with van der Waals surface area (Å²) < 4.78 is 12.7. The molecule has 0 fully saturated rings. The second-order valence-corrected chi connectivity index (χ2v) is 2.09. The molecule has 0 atom stereocenters. The van der Waals surface area contributed by atoms with Crippen molar-refractivity contribution in [2.45, 2.75) is 0 Å². The van der Waals surface area contributed by atoms with E-state index in [1.54, 1.807) is 6.07 Å². The highest BCUT2D eigenvalue weighted by Gasteiger charge is 2.08. The highest BCUT2D eigenvalue weighted by atomic mass is 19.1. The minimum absolute atomic E-state index is 0.181. The van der Waals surface area contributed by atoms with Crippen molar-refractivity contribution in [2.75, 3.05) is 0 Å². The normalized spacial score (nSPS) is 9.00. The SMILES string of the molecule is N#Cc1ccc(C([O])=O)cc1F. The first-order valence-electron chi connectivity index (χ1n) is 3.06. The van der Waals surface area contributed by atoms with Gasteiger partial charge in [0.15, 0.2) is 0 Å². The van der Waals surface area contributed by atoms with Gasteiger partial charge in [0.05, 0.1) is 11.1 Å². The summed E-state index contributed by atoms with van der Waals surface area (Å²) in [4.78, 5) is 10.2. The number of nitrogens with zero attached hydrogens (tertiary/aromatic N) is 1. The van der Waals surface area contributed by atoms with Gasteiger partial charge in [0.25, 0.3) is 0 Å². The number of carbonyl (C=O) groups is 1. The lowest BCUT2D eigenvalue weighted by Gasteiger charge is -1.93. The lowest BCUT2D eigenvalue weighted by Crippen LogP contribution is -1.95. The van der Waals surface area contributed by atoms with Crippen LogP contribution in [0.3, 0.4) is 0 Å². The molecule has 1 aromatic rings. The van der Waals surface area contributed by atoms with Gasteiger partial charge in [-0.15, -0.1) is 0 Å². The Morgan fingerprint density at radius 3 is 2.58 bits per heavy atom. The summed E-state index contributed by atoms with van der Waals surface area (Å²) in [6, 6.07) is 4.55. The number of carbonyl (C=O) groups excluding carboxylic acids is 1. The van der Waals surface area contributed by atoms with E-state index < -0.39 is 11.8 Å². The molecular formula is C8H3FNO2. The Labute approximate surface area is 67.7 Å². The molecule has 1 aromatic carbocycles. The van der Waals surface area contributed by atoms with Crippen LogP contribution >= 0.6 is 0 Å². The number of nitriles is 1. The van der Waals surface area contributed by atoms with E-state index >= 15 is 0 Å². The predicted molar refractivity (Wildman–Crippen MR) is 36.1 cm³/mol. The highest BCUT2D eigenvalue weighted by molar-refractivity contribution is 5.87. The Morgan fingerprint density at radius 2 is 2.17 bits per heavy atom. The Bertz CT molecular complexity index is 368. The van der Waals surface area contributed by atoms with Crippen LogP contribution in [0.5, 0.6) is 0 Å². The molecule has 0 aliphatic heterocycles. The maximum absolute atomic E-state index is 12.7. The zero-order valence-corrected chi connectivity index (χ0v) is 5.87. The fourth-order valence-electron chi connectivity index (χ4n) is 0.733. The van der Waals surface area contributed by atoms with Crippen LogP contribution in [0.15, 0.2) is 18.2 Å². The molecule has 0 aliphatic carbocycles. The van der Waals surface area contributed by atoms with Crippen molar-refractivity contribution in [2.24, 2.45) is 0 Å². The average Bonchev–Trinajstić information content (AvgIpc) is 2.04. The van der Waals surface area contributed by atoms with E-state index in [0.717, 1.165) is 18.2 Å². The van der Waals surface area contributed by atoms with Crippen LogP contribution in [0.4, 0.5) is 4.39 Å². The summed E-state index contributed by atoms with van der Waals surface area (Å²) >= 11 is 0. The summed E-state index contributed by atoms with van der Waals surface area (Å²) in [6.45, 7) is 0. The average molecular weight is 164 g/mol. The van der Waals surface area contributed by atoms with Gasteiger partial charge in [0.1, 0.15) is 11.9 Å². The first kappa shape index (κ1) is 8.21. The smallest absolute Gasteiger partial charge is 0.242 e. The molecule has 0 N–H and O–H groups in total. The molecule has 0 bridgehead atoms. The zero-order chi connectivity index (χ0) is 9.14. The van der Waals surface area contributed by atoms with E-state index in [4.69, 9.17) is 5.26 Å². The zero-order valence-electron chi connectivity index (χ0n) is 5.87. The monoisotopic (exact) mass is 164 g/mol. The minimum atomic E-state index is -1.46. The van der Waals surface area contributed by atoms with Gasteiger partial charge in [-0.1, -0.05) is 0 Å². The van der Waals surface area contributed by atoms with Gasteiger partial charge >= 0.3 is 5.97 Å². The highest BCUT2D eigenvalue weighted by Crippen LogP contribution is 2.09. The lowest BCUT2D eigenvalue weighted by molar-refractivity contribution is 0.0572. The molecule has 4 heteroatoms. The molecule has 3 nitrogen and oxygen atoms in total. The van der Waals surface area contributed by atoms with Crippen molar-refractivity contribution in [1.82, 2.24) is 0 Å². The predicted octanol–water partition coefficient (Wildman–Crippen LogP) is 1.27. The number of hydrogen-bond acceptors (Lipinski definition) is 2. The van der Waals surface area contributed by atoms with Crippen LogP contribution in [0.1, 0.15) is 15.9 Å². The topological polar surface area (TPSA) is 60.8 Å². The summed E-state index contributed by atoms with van der Waals surface area (Å²) in [5.74, 6) is -2.31. The maximum Gasteiger partial charge on any atom is 0.386 e. The van der Waals surface area contributed by atoms with Crippen molar-refractivity contribution in [3.8, 4) is 6.07 Å². The molecule has 0 heterocycles. The van der Waals surface area contributed by atoms with Crippen LogP contribution in [0.25, 0.3) is 0 Å². The standard InChI is InChI=1S/C8H3FNO2/c9-7-3-5(8(11)12)1-2-6(7)4-10/h1-3H. The van der Waals surface area contributed by atoms with Crippen LogP contribution in [0.2, 0.25) is 0 Å². The van der Waals surface area contributed by atoms with E-state index in [9.17, 15) is 14.3 Å². The quantitative estimate of drug-likeness (QED) is 0.627. The van der Waals surface area contributed by atoms with E-state index in [-0.39, 0.29) is 11.1 Å². The van der Waals surface area contributed by atoms with Gasteiger partial charge in [-0.25, -0.2) is 14.3 Å². The number of benzene rings is 1. The fraction of sp³-hybridized carbons (Fsp3) is 0. The molecule has 1 rings (SSSR count). The summed E-state index contributed by atoms with van der Waals surface area (Å²) in [5, 5.41) is 18.5. The molecule has 59 valence electrons. The van der Waals surface area contributed by atoms with E-state index in [0.29, 0.717) is 0 Å². The van der Waals surface area contributed by atoms with Gasteiger partial charge in [-0.3, -0.25) is 0 Å². The van der Waals surface area contributed by atoms with Crippen molar-refractivity contribution in [1.29, 1.82) is 5.26 Å². The van der Waals surface area contributed by atoms with Crippen LogP contribution in [0, 0.1) is 17.1 Å². The fourth-order valence-corrected chi connectivity index (χ4v) is 0.733. The Hall–Kier alpha value is -1.89. The van der Waals surface area contributed by atoms with Crippen molar-refractivity contribution in [3.63, 3.8) is 0 Å². The minimum Gasteiger partial charge on any atom is -0.242 e. The van der Waals surface area contributed by atoms with Crippen molar-refractivity contribution >= 4 is 5.97 Å². The van der Waals surface area contributed by atoms with E-state index in [1.807, 2.05) is 0 Å². The Morgan fingerprint density at radius 1 is 1.50 bits per heavy atom. The number of halogens is 1. The Kier molecular flexibility index (Phi) is 2.06. The first-order chi connectivity index (χ1) is 5.65. The third-order valence-corrected chi connectivity index (χ3v) is 1.33. The van der Waals surface area contributed by atoms with Crippen LogP contribution < -0.4 is 0 Å². The second kappa shape index (κ2) is 3.01. The van der Waals surface area contributed by atoms with Gasteiger partial charge in [0, 0.05) is 0 Å². The van der Waals surface area contributed by atoms with Crippen LogP contribution in [-0.4, -0.2) is 5.97 Å². The Balaban J connectivity index is 3.21. The maximum atomic E-state index is 12.7. The molecule has 0 aromatic heterocycles. The third kappa shape index (κ3) is 1.40. The molecule has 0 saturated carbocycles. The molecular weight excluding hydrogens is 161 g/mol. The van der Waals surface area contributed by atoms with Gasteiger partial charge in [-0.2, -0.15) is 5.26 Å². The summed E-state index contributed by atoms with van der Waals surface area (Å²) in [5.41, 5.74) is -0.452. The van der Waals surface area contributed by atoms with Gasteiger partial charge in [-0.05, 0) is 18.2 Å². The molecule has 12 heavy (non-hydrogen) atoms. The molecule has 0 unspecified atom stereocenters. The third-order valence-electron chi connectivity index (χ3n) is 1.33. The van der Waals surface area contributed by atoms with E-state index in [2.05, 4.69) is 0 Å². The first-order valence-corrected chi connectivity index (χ1v) is 3.06. The van der Waals surface area contributed by atoms with Crippen LogP contribution in [-0.2, 0) is 5.11 Å². The second-order valence-electron chi connectivity index (χ2n) is 2.09. The molecule has 0 saturated heterocycles. The van der Waals surface area contributed by atoms with Gasteiger partial charge < -0.3 is 0 Å². The summed E-state index contributed by atoms with van der Waals surface area (Å²) in [7, 11) is 0. The van der Waals surface area contributed by atoms with Gasteiger partial charge in [0.2, 0.25) is 0 Å². The largest absolute Gasteiger partial charge is 0.386 e. The molecule has 0 amide bonds. The number of hydrogen-bond donors (Lipinski definition) is 0. The molecule has 0 spiro atoms. The summed E-state index contributed by atoms with van der Waals surface area (Å²) in [6.07, 6.45) is 0. The molecule has 0 aliphatic rings. The molecule has 1 radical (unpaired) electrons. The van der Waals surface area contributed by atoms with Crippen molar-refractivity contribution < 1.29 is 14.3 Å². The lowest BCUT2D eigenvalue weighted by atomic mass is 10.1. The number of rotatable bonds is 1. The van der Waals surface area contributed by atoms with Crippen molar-refractivity contribution in [3.05, 3.63) is 35.1 Å².